The number of carbonyl (C=O) groups is 1. The zero-order valence-electron chi connectivity index (χ0n) is 16.3. The first-order valence-corrected chi connectivity index (χ1v) is 9.47. The van der Waals surface area contributed by atoms with Crippen molar-refractivity contribution < 1.29 is 14.3 Å². The van der Waals surface area contributed by atoms with Gasteiger partial charge in [0, 0.05) is 36.6 Å². The van der Waals surface area contributed by atoms with Crippen LogP contribution in [-0.4, -0.2) is 20.1 Å². The second-order valence-electron chi connectivity index (χ2n) is 6.38. The molecule has 0 aliphatic carbocycles. The lowest BCUT2D eigenvalue weighted by Crippen LogP contribution is -2.07. The summed E-state index contributed by atoms with van der Waals surface area (Å²) >= 11 is 5.93. The predicted molar refractivity (Wildman–Crippen MR) is 118 cm³/mol. The number of hydrogen-bond donors (Lipinski definition) is 1. The Kier molecular flexibility index (Phi) is 7.19. The van der Waals surface area contributed by atoms with Gasteiger partial charge in [-0.1, -0.05) is 60.1 Å². The quantitative estimate of drug-likeness (QED) is 0.389. The number of anilines is 1. The van der Waals surface area contributed by atoms with Gasteiger partial charge in [-0.05, 0) is 47.0 Å². The molecule has 1 amide bonds. The number of methoxy groups -OCH3 is 2. The van der Waals surface area contributed by atoms with Crippen LogP contribution in [0.3, 0.4) is 0 Å². The molecule has 0 unspecified atom stereocenters. The summed E-state index contributed by atoms with van der Waals surface area (Å²) in [4.78, 5) is 12.2. The number of carbonyl (C=O) groups excluding carboxylic acids is 1. The zero-order chi connectivity index (χ0) is 20.6. The maximum Gasteiger partial charge on any atom is 0.248 e. The SMILES string of the molecule is COC(OC)c1ccc(C=CC(=O)Nc2ccc(-c3ccc(Cl)cc3)cc2)cc1. The third-order valence-corrected chi connectivity index (χ3v) is 4.65. The molecule has 29 heavy (non-hydrogen) atoms. The number of halogens is 1. The minimum atomic E-state index is -0.396. The lowest BCUT2D eigenvalue weighted by Gasteiger charge is -2.13. The smallest absolute Gasteiger partial charge is 0.248 e. The molecule has 0 spiro atoms. The molecule has 0 radical (unpaired) electrons. The number of hydrogen-bond acceptors (Lipinski definition) is 3. The molecule has 3 aromatic carbocycles. The molecule has 0 heterocycles. The highest BCUT2D eigenvalue weighted by Crippen LogP contribution is 2.23. The van der Waals surface area contributed by atoms with Crippen molar-refractivity contribution in [3.05, 3.63) is 95.0 Å². The van der Waals surface area contributed by atoms with Crippen LogP contribution in [0.4, 0.5) is 5.69 Å². The summed E-state index contributed by atoms with van der Waals surface area (Å²) in [5, 5.41) is 3.57. The van der Waals surface area contributed by atoms with E-state index in [1.54, 1.807) is 20.3 Å². The molecule has 0 atom stereocenters. The fourth-order valence-electron chi connectivity index (χ4n) is 2.88. The van der Waals surface area contributed by atoms with E-state index in [-0.39, 0.29) is 5.91 Å². The van der Waals surface area contributed by atoms with Crippen LogP contribution in [-0.2, 0) is 14.3 Å². The number of nitrogens with one attached hydrogen (secondary N) is 1. The molecule has 0 saturated carbocycles. The van der Waals surface area contributed by atoms with E-state index in [9.17, 15) is 4.79 Å². The molecule has 5 heteroatoms. The largest absolute Gasteiger partial charge is 0.352 e. The standard InChI is InChI=1S/C24H22ClNO3/c1-28-24(29-2)20-6-3-17(4-7-20)5-16-23(27)26-22-14-10-19(11-15-22)18-8-12-21(25)13-9-18/h3-16,24H,1-2H3,(H,26,27). The molecule has 1 N–H and O–H groups in total. The normalized spacial score (nSPS) is 11.2. The van der Waals surface area contributed by atoms with Gasteiger partial charge in [-0.15, -0.1) is 0 Å². The van der Waals surface area contributed by atoms with Gasteiger partial charge in [0.2, 0.25) is 5.91 Å². The van der Waals surface area contributed by atoms with Gasteiger partial charge in [0.25, 0.3) is 0 Å². The Hall–Kier alpha value is -2.92. The topological polar surface area (TPSA) is 47.6 Å². The molecule has 3 rings (SSSR count). The average molecular weight is 408 g/mol. The van der Waals surface area contributed by atoms with E-state index in [0.29, 0.717) is 5.02 Å². The van der Waals surface area contributed by atoms with Gasteiger partial charge in [0.05, 0.1) is 0 Å². The first kappa shape index (κ1) is 20.8. The molecule has 4 nitrogen and oxygen atoms in total. The van der Waals surface area contributed by atoms with Crippen molar-refractivity contribution in [3.63, 3.8) is 0 Å². The van der Waals surface area contributed by atoms with Gasteiger partial charge in [0.15, 0.2) is 6.29 Å². The van der Waals surface area contributed by atoms with E-state index in [0.717, 1.165) is 27.9 Å². The maximum absolute atomic E-state index is 12.2. The zero-order valence-corrected chi connectivity index (χ0v) is 17.0. The van der Waals surface area contributed by atoms with Crippen LogP contribution in [0, 0.1) is 0 Å². The number of ether oxygens (including phenoxy) is 2. The molecule has 3 aromatic rings. The van der Waals surface area contributed by atoms with Gasteiger partial charge in [-0.25, -0.2) is 0 Å². The van der Waals surface area contributed by atoms with Crippen LogP contribution >= 0.6 is 11.6 Å². The monoisotopic (exact) mass is 407 g/mol. The number of amides is 1. The first-order chi connectivity index (χ1) is 14.1. The van der Waals surface area contributed by atoms with Crippen molar-refractivity contribution in [3.8, 4) is 11.1 Å². The summed E-state index contributed by atoms with van der Waals surface area (Å²) in [6, 6.07) is 22.9. The lowest BCUT2D eigenvalue weighted by atomic mass is 10.1. The Labute approximate surface area is 175 Å². The Morgan fingerprint density at radius 2 is 1.41 bits per heavy atom. The van der Waals surface area contributed by atoms with Crippen LogP contribution in [0.1, 0.15) is 17.4 Å². The third kappa shape index (κ3) is 5.78. The number of benzene rings is 3. The summed E-state index contributed by atoms with van der Waals surface area (Å²) in [6.45, 7) is 0. The highest BCUT2D eigenvalue weighted by molar-refractivity contribution is 6.30. The van der Waals surface area contributed by atoms with Gasteiger partial charge in [-0.2, -0.15) is 0 Å². The highest BCUT2D eigenvalue weighted by atomic mass is 35.5. The van der Waals surface area contributed by atoms with E-state index >= 15 is 0 Å². The predicted octanol–water partition coefficient (Wildman–Crippen LogP) is 5.95. The van der Waals surface area contributed by atoms with Gasteiger partial charge >= 0.3 is 0 Å². The summed E-state index contributed by atoms with van der Waals surface area (Å²) < 4.78 is 10.4. The molecule has 0 aliphatic heterocycles. The van der Waals surface area contributed by atoms with Crippen molar-refractivity contribution in [1.29, 1.82) is 0 Å². The van der Waals surface area contributed by atoms with E-state index in [4.69, 9.17) is 21.1 Å². The summed E-state index contributed by atoms with van der Waals surface area (Å²) in [7, 11) is 3.18. The molecule has 0 aliphatic rings. The van der Waals surface area contributed by atoms with Gasteiger partial charge in [0.1, 0.15) is 0 Å². The Balaban J connectivity index is 1.59. The van der Waals surface area contributed by atoms with Crippen LogP contribution in [0.15, 0.2) is 78.9 Å². The van der Waals surface area contributed by atoms with Crippen LogP contribution < -0.4 is 5.32 Å². The lowest BCUT2D eigenvalue weighted by molar-refractivity contribution is -0.111. The Morgan fingerprint density at radius 3 is 1.97 bits per heavy atom. The third-order valence-electron chi connectivity index (χ3n) is 4.39. The molecular formula is C24H22ClNO3. The minimum absolute atomic E-state index is 0.194. The van der Waals surface area contributed by atoms with Crippen LogP contribution in [0.5, 0.6) is 0 Å². The van der Waals surface area contributed by atoms with E-state index < -0.39 is 6.29 Å². The molecule has 0 saturated heterocycles. The maximum atomic E-state index is 12.2. The molecule has 0 bridgehead atoms. The average Bonchev–Trinajstić information content (AvgIpc) is 2.75. The molecule has 0 aromatic heterocycles. The van der Waals surface area contributed by atoms with Crippen LogP contribution in [0.2, 0.25) is 5.02 Å². The summed E-state index contributed by atoms with van der Waals surface area (Å²) in [5.74, 6) is -0.194. The fourth-order valence-corrected chi connectivity index (χ4v) is 3.00. The molecular weight excluding hydrogens is 386 g/mol. The minimum Gasteiger partial charge on any atom is -0.352 e. The van der Waals surface area contributed by atoms with Crippen molar-refractivity contribution in [2.24, 2.45) is 0 Å². The second-order valence-corrected chi connectivity index (χ2v) is 6.81. The van der Waals surface area contributed by atoms with Gasteiger partial charge in [-0.3, -0.25) is 4.79 Å². The van der Waals surface area contributed by atoms with Crippen molar-refractivity contribution in [2.45, 2.75) is 6.29 Å². The second kappa shape index (κ2) is 10.0. The Morgan fingerprint density at radius 1 is 0.862 bits per heavy atom. The van der Waals surface area contributed by atoms with E-state index in [1.165, 1.54) is 6.08 Å². The fraction of sp³-hybridized carbons (Fsp3) is 0.125. The molecule has 0 fully saturated rings. The summed E-state index contributed by atoms with van der Waals surface area (Å²) in [6.07, 6.45) is 2.87. The summed E-state index contributed by atoms with van der Waals surface area (Å²) in [5.41, 5.74) is 4.68. The molecule has 148 valence electrons. The van der Waals surface area contributed by atoms with Crippen molar-refractivity contribution in [1.82, 2.24) is 0 Å². The Bertz CT molecular complexity index is 961. The number of rotatable bonds is 7. The highest BCUT2D eigenvalue weighted by Gasteiger charge is 2.07. The van der Waals surface area contributed by atoms with Gasteiger partial charge < -0.3 is 14.8 Å². The van der Waals surface area contributed by atoms with E-state index in [1.807, 2.05) is 72.8 Å². The van der Waals surface area contributed by atoms with Crippen molar-refractivity contribution >= 4 is 29.3 Å². The first-order valence-electron chi connectivity index (χ1n) is 9.09. The van der Waals surface area contributed by atoms with Crippen LogP contribution in [0.25, 0.3) is 17.2 Å². The van der Waals surface area contributed by atoms with E-state index in [2.05, 4.69) is 5.32 Å². The van der Waals surface area contributed by atoms with Crippen molar-refractivity contribution in [2.75, 3.05) is 19.5 Å².